The van der Waals surface area contributed by atoms with Crippen LogP contribution >= 0.6 is 0 Å². The second-order valence-corrected chi connectivity index (χ2v) is 6.05. The van der Waals surface area contributed by atoms with E-state index in [2.05, 4.69) is 30.6 Å². The smallest absolute Gasteiger partial charge is 0.304 e. The number of hydrogen-bond acceptors (Lipinski definition) is 3. The Morgan fingerprint density at radius 3 is 2.67 bits per heavy atom. The Morgan fingerprint density at radius 2 is 2.11 bits per heavy atom. The van der Waals surface area contributed by atoms with E-state index in [-0.39, 0.29) is 12.5 Å². The van der Waals surface area contributed by atoms with Gasteiger partial charge in [0.15, 0.2) is 0 Å². The van der Waals surface area contributed by atoms with Crippen LogP contribution in [0.3, 0.4) is 0 Å². The van der Waals surface area contributed by atoms with E-state index in [9.17, 15) is 4.79 Å². The maximum Gasteiger partial charge on any atom is 0.304 e. The van der Waals surface area contributed by atoms with Gasteiger partial charge in [-0.1, -0.05) is 13.8 Å². The van der Waals surface area contributed by atoms with Gasteiger partial charge in [-0.15, -0.1) is 0 Å². The molecule has 106 valence electrons. The summed E-state index contributed by atoms with van der Waals surface area (Å²) in [6, 6.07) is 0.713. The second-order valence-electron chi connectivity index (χ2n) is 6.05. The number of carboxylic acid groups (broad SMARTS) is 1. The second kappa shape index (κ2) is 7.10. The molecule has 0 aromatic rings. The van der Waals surface area contributed by atoms with E-state index in [1.807, 2.05) is 7.05 Å². The van der Waals surface area contributed by atoms with E-state index in [4.69, 9.17) is 5.11 Å². The average Bonchev–Trinajstić information content (AvgIpc) is 2.39. The Balaban J connectivity index is 2.61. The van der Waals surface area contributed by atoms with Gasteiger partial charge in [-0.05, 0) is 45.8 Å². The number of carboxylic acids is 1. The zero-order valence-corrected chi connectivity index (χ0v) is 12.2. The lowest BCUT2D eigenvalue weighted by molar-refractivity contribution is -0.138. The molecule has 0 bridgehead atoms. The van der Waals surface area contributed by atoms with Gasteiger partial charge in [0.1, 0.15) is 0 Å². The summed E-state index contributed by atoms with van der Waals surface area (Å²) in [5.74, 6) is 0.0151. The lowest BCUT2D eigenvalue weighted by Crippen LogP contribution is -2.42. The summed E-state index contributed by atoms with van der Waals surface area (Å²) in [6.07, 6.45) is 2.57. The van der Waals surface area contributed by atoms with Crippen LogP contribution in [0.2, 0.25) is 0 Å². The molecular formula is C14H28N2O2. The lowest BCUT2D eigenvalue weighted by atomic mass is 10.1. The third-order valence-corrected chi connectivity index (χ3v) is 4.00. The van der Waals surface area contributed by atoms with Gasteiger partial charge in [0, 0.05) is 18.6 Å². The topological polar surface area (TPSA) is 43.8 Å². The lowest BCUT2D eigenvalue weighted by Gasteiger charge is -2.30. The third-order valence-electron chi connectivity index (χ3n) is 4.00. The zero-order valence-electron chi connectivity index (χ0n) is 12.2. The molecule has 18 heavy (non-hydrogen) atoms. The summed E-state index contributed by atoms with van der Waals surface area (Å²) >= 11 is 0. The predicted octanol–water partition coefficient (Wildman–Crippen LogP) is 1.90. The normalized spacial score (nSPS) is 27.4. The van der Waals surface area contributed by atoms with Crippen molar-refractivity contribution >= 4 is 5.97 Å². The van der Waals surface area contributed by atoms with Crippen LogP contribution in [-0.4, -0.2) is 59.6 Å². The fraction of sp³-hybridized carbons (Fsp3) is 0.929. The fourth-order valence-electron chi connectivity index (χ4n) is 2.50. The van der Waals surface area contributed by atoms with Crippen LogP contribution < -0.4 is 0 Å². The minimum absolute atomic E-state index is 0.152. The minimum atomic E-state index is -0.690. The van der Waals surface area contributed by atoms with Crippen molar-refractivity contribution in [3.63, 3.8) is 0 Å². The molecule has 1 saturated heterocycles. The van der Waals surface area contributed by atoms with Crippen LogP contribution in [-0.2, 0) is 4.79 Å². The van der Waals surface area contributed by atoms with Crippen LogP contribution in [0, 0.1) is 5.92 Å². The van der Waals surface area contributed by atoms with E-state index in [1.54, 1.807) is 0 Å². The summed E-state index contributed by atoms with van der Waals surface area (Å²) in [4.78, 5) is 15.6. The van der Waals surface area contributed by atoms with Crippen molar-refractivity contribution in [3.8, 4) is 0 Å². The standard InChI is InChI=1S/C14H28N2O2/c1-11(2)5-8-16-10-13(9-14(17)18)15(4)7-6-12(16)3/h11-13H,5-10H2,1-4H3,(H,17,18). The largest absolute Gasteiger partial charge is 0.481 e. The molecule has 0 radical (unpaired) electrons. The molecule has 0 amide bonds. The van der Waals surface area contributed by atoms with Crippen LogP contribution in [0.15, 0.2) is 0 Å². The molecule has 4 heteroatoms. The SMILES string of the molecule is CC(C)CCN1CC(CC(=O)O)N(C)CCC1C. The van der Waals surface area contributed by atoms with Crippen LogP contribution in [0.5, 0.6) is 0 Å². The van der Waals surface area contributed by atoms with Crippen molar-refractivity contribution in [2.45, 2.75) is 52.1 Å². The van der Waals surface area contributed by atoms with E-state index in [1.165, 1.54) is 6.42 Å². The van der Waals surface area contributed by atoms with Gasteiger partial charge < -0.3 is 10.0 Å². The Labute approximate surface area is 111 Å². The van der Waals surface area contributed by atoms with Crippen molar-refractivity contribution in [2.24, 2.45) is 5.92 Å². The first kappa shape index (κ1) is 15.4. The highest BCUT2D eigenvalue weighted by molar-refractivity contribution is 5.67. The highest BCUT2D eigenvalue weighted by Gasteiger charge is 2.27. The molecule has 1 aliphatic heterocycles. The van der Waals surface area contributed by atoms with Crippen LogP contribution in [0.25, 0.3) is 0 Å². The molecule has 2 unspecified atom stereocenters. The summed E-state index contributed by atoms with van der Waals surface area (Å²) in [6.45, 7) is 9.71. The molecule has 0 aromatic carbocycles. The predicted molar refractivity (Wildman–Crippen MR) is 73.8 cm³/mol. The summed E-state index contributed by atoms with van der Waals surface area (Å²) in [5, 5.41) is 9.00. The fourth-order valence-corrected chi connectivity index (χ4v) is 2.50. The number of aliphatic carboxylic acids is 1. The average molecular weight is 256 g/mol. The maximum absolute atomic E-state index is 10.9. The highest BCUT2D eigenvalue weighted by Crippen LogP contribution is 2.17. The Hall–Kier alpha value is -0.610. The minimum Gasteiger partial charge on any atom is -0.481 e. The molecule has 4 nitrogen and oxygen atoms in total. The first-order valence-corrected chi connectivity index (χ1v) is 7.06. The first-order chi connectivity index (χ1) is 8.40. The van der Waals surface area contributed by atoms with Crippen molar-refractivity contribution in [3.05, 3.63) is 0 Å². The van der Waals surface area contributed by atoms with Crippen molar-refractivity contribution in [1.29, 1.82) is 0 Å². The molecule has 0 aliphatic carbocycles. The van der Waals surface area contributed by atoms with E-state index in [0.717, 1.165) is 26.1 Å². The van der Waals surface area contributed by atoms with Crippen LogP contribution in [0.1, 0.15) is 40.0 Å². The summed E-state index contributed by atoms with van der Waals surface area (Å²) in [5.41, 5.74) is 0. The molecule has 1 aliphatic rings. The van der Waals surface area contributed by atoms with Crippen molar-refractivity contribution in [1.82, 2.24) is 9.80 Å². The Bertz CT molecular complexity index is 269. The molecule has 0 aromatic heterocycles. The van der Waals surface area contributed by atoms with Gasteiger partial charge in [-0.25, -0.2) is 0 Å². The molecule has 1 N–H and O–H groups in total. The van der Waals surface area contributed by atoms with Gasteiger partial charge in [-0.3, -0.25) is 9.69 Å². The van der Waals surface area contributed by atoms with E-state index >= 15 is 0 Å². The Kier molecular flexibility index (Phi) is 6.09. The zero-order chi connectivity index (χ0) is 13.7. The van der Waals surface area contributed by atoms with E-state index < -0.39 is 5.97 Å². The number of likely N-dealkylation sites (N-methyl/N-ethyl adjacent to an activating group) is 1. The highest BCUT2D eigenvalue weighted by atomic mass is 16.4. The molecule has 0 saturated carbocycles. The van der Waals surface area contributed by atoms with Gasteiger partial charge in [-0.2, -0.15) is 0 Å². The third kappa shape index (κ3) is 4.94. The number of carbonyl (C=O) groups is 1. The maximum atomic E-state index is 10.9. The van der Waals surface area contributed by atoms with Gasteiger partial charge in [0.2, 0.25) is 0 Å². The molecule has 0 spiro atoms. The molecule has 2 atom stereocenters. The quantitative estimate of drug-likeness (QED) is 0.816. The molecule has 1 heterocycles. The van der Waals surface area contributed by atoms with E-state index in [0.29, 0.717) is 12.0 Å². The molecular weight excluding hydrogens is 228 g/mol. The molecule has 1 rings (SSSR count). The number of nitrogens with zero attached hydrogens (tertiary/aromatic N) is 2. The first-order valence-electron chi connectivity index (χ1n) is 7.06. The Morgan fingerprint density at radius 1 is 1.44 bits per heavy atom. The van der Waals surface area contributed by atoms with Gasteiger partial charge in [0.05, 0.1) is 6.42 Å². The molecule has 1 fully saturated rings. The number of hydrogen-bond donors (Lipinski definition) is 1. The number of rotatable bonds is 5. The van der Waals surface area contributed by atoms with Crippen molar-refractivity contribution in [2.75, 3.05) is 26.7 Å². The van der Waals surface area contributed by atoms with Crippen LogP contribution in [0.4, 0.5) is 0 Å². The van der Waals surface area contributed by atoms with Gasteiger partial charge in [0.25, 0.3) is 0 Å². The monoisotopic (exact) mass is 256 g/mol. The van der Waals surface area contributed by atoms with Gasteiger partial charge >= 0.3 is 5.97 Å². The van der Waals surface area contributed by atoms with Crippen molar-refractivity contribution < 1.29 is 9.90 Å². The summed E-state index contributed by atoms with van der Waals surface area (Å²) < 4.78 is 0. The summed E-state index contributed by atoms with van der Waals surface area (Å²) in [7, 11) is 2.05.